The molecule has 0 bridgehead atoms. The summed E-state index contributed by atoms with van der Waals surface area (Å²) in [6.45, 7) is 16.1. The summed E-state index contributed by atoms with van der Waals surface area (Å²) in [7, 11) is -1.80. The number of aliphatic hydroxyl groups is 1. The molecule has 21 heavy (non-hydrogen) atoms. The van der Waals surface area contributed by atoms with Crippen LogP contribution in [0.25, 0.3) is 0 Å². The Morgan fingerprint density at radius 3 is 2.48 bits per heavy atom. The lowest BCUT2D eigenvalue weighted by atomic mass is 9.97. The van der Waals surface area contributed by atoms with E-state index in [2.05, 4.69) is 39.2 Å². The van der Waals surface area contributed by atoms with E-state index in [1.807, 2.05) is 13.8 Å². The number of hydrogen-bond acceptors (Lipinski definition) is 5. The third kappa shape index (κ3) is 3.68. The number of fused-ring (bicyclic) bond motifs is 1. The quantitative estimate of drug-likeness (QED) is 0.778. The van der Waals surface area contributed by atoms with Gasteiger partial charge < -0.3 is 24.3 Å². The molecule has 2 aliphatic heterocycles. The summed E-state index contributed by atoms with van der Waals surface area (Å²) < 4.78 is 17.9. The molecule has 6 heteroatoms. The third-order valence-electron chi connectivity index (χ3n) is 4.98. The van der Waals surface area contributed by atoms with Crippen molar-refractivity contribution in [1.29, 1.82) is 0 Å². The van der Waals surface area contributed by atoms with Crippen molar-refractivity contribution in [2.45, 2.75) is 82.9 Å². The van der Waals surface area contributed by atoms with Crippen LogP contribution in [0.2, 0.25) is 18.1 Å². The van der Waals surface area contributed by atoms with Crippen LogP contribution in [0.3, 0.4) is 0 Å². The highest BCUT2D eigenvalue weighted by Gasteiger charge is 2.50. The van der Waals surface area contributed by atoms with E-state index in [0.29, 0.717) is 13.2 Å². The lowest BCUT2D eigenvalue weighted by molar-refractivity contribution is -0.154. The molecule has 0 aliphatic carbocycles. The zero-order valence-electron chi connectivity index (χ0n) is 14.4. The van der Waals surface area contributed by atoms with Gasteiger partial charge in [0.25, 0.3) is 0 Å². The summed E-state index contributed by atoms with van der Waals surface area (Å²) in [6, 6.07) is -0.0992. The molecule has 2 saturated heterocycles. The van der Waals surface area contributed by atoms with Gasteiger partial charge in [-0.2, -0.15) is 0 Å². The molecule has 0 amide bonds. The van der Waals surface area contributed by atoms with Gasteiger partial charge in [0.1, 0.15) is 18.3 Å². The molecule has 0 spiro atoms. The molecule has 124 valence electrons. The molecule has 2 N–H and O–H groups in total. The Bertz CT molecular complexity index is 380. The van der Waals surface area contributed by atoms with Crippen LogP contribution in [0.5, 0.6) is 0 Å². The van der Waals surface area contributed by atoms with Gasteiger partial charge in [-0.3, -0.25) is 0 Å². The van der Waals surface area contributed by atoms with Crippen molar-refractivity contribution in [3.05, 3.63) is 0 Å². The average molecular weight is 318 g/mol. The molecule has 4 atom stereocenters. The van der Waals surface area contributed by atoms with E-state index in [1.165, 1.54) is 0 Å². The summed E-state index contributed by atoms with van der Waals surface area (Å²) in [6.07, 6.45) is -0.955. The SMILES string of the molecule is CC1(C)O[C@H]2[C@H](O)[C@@H](CO[Si](C)(C)C(C)(C)C)NC[C@@H]2O1. The van der Waals surface area contributed by atoms with Crippen LogP contribution in [0.1, 0.15) is 34.6 Å². The summed E-state index contributed by atoms with van der Waals surface area (Å²) >= 11 is 0. The van der Waals surface area contributed by atoms with E-state index in [0.717, 1.165) is 0 Å². The minimum absolute atomic E-state index is 0.0841. The Morgan fingerprint density at radius 1 is 1.29 bits per heavy atom. The maximum absolute atomic E-state index is 10.5. The highest BCUT2D eigenvalue weighted by atomic mass is 28.4. The summed E-state index contributed by atoms with van der Waals surface area (Å²) in [5.41, 5.74) is 0. The van der Waals surface area contributed by atoms with Gasteiger partial charge in [-0.05, 0) is 32.0 Å². The molecule has 0 aromatic rings. The number of aliphatic hydroxyl groups excluding tert-OH is 1. The lowest BCUT2D eigenvalue weighted by Crippen LogP contribution is -2.61. The molecule has 0 aromatic heterocycles. The number of rotatable bonds is 3. The first kappa shape index (κ1) is 17.4. The molecule has 0 saturated carbocycles. The van der Waals surface area contributed by atoms with E-state index in [4.69, 9.17) is 13.9 Å². The standard InChI is InChI=1S/C15H31NO4Si/c1-14(2,3)21(6,7)18-9-10-12(17)13-11(8-16-10)19-15(4,5)20-13/h10-13,16-17H,8-9H2,1-7H3/t10-,11+,12-,13-/m1/s1. The Hall–Kier alpha value is 0.0169. The average Bonchev–Trinajstić information content (AvgIpc) is 2.62. The van der Waals surface area contributed by atoms with Crippen LogP contribution >= 0.6 is 0 Å². The van der Waals surface area contributed by atoms with Gasteiger partial charge in [-0.15, -0.1) is 0 Å². The van der Waals surface area contributed by atoms with Crippen molar-refractivity contribution in [3.8, 4) is 0 Å². The summed E-state index contributed by atoms with van der Waals surface area (Å²) in [4.78, 5) is 0. The summed E-state index contributed by atoms with van der Waals surface area (Å²) in [5, 5.41) is 14.1. The predicted molar refractivity (Wildman–Crippen MR) is 84.8 cm³/mol. The minimum Gasteiger partial charge on any atom is -0.415 e. The van der Waals surface area contributed by atoms with Gasteiger partial charge in [0.05, 0.1) is 12.6 Å². The molecule has 0 unspecified atom stereocenters. The van der Waals surface area contributed by atoms with Crippen LogP contribution < -0.4 is 5.32 Å². The third-order valence-corrected chi connectivity index (χ3v) is 9.48. The van der Waals surface area contributed by atoms with Crippen molar-refractivity contribution in [3.63, 3.8) is 0 Å². The zero-order chi connectivity index (χ0) is 16.1. The maximum atomic E-state index is 10.5. The normalized spacial score (nSPS) is 36.6. The Morgan fingerprint density at radius 2 is 1.90 bits per heavy atom. The number of nitrogens with one attached hydrogen (secondary N) is 1. The second kappa shape index (κ2) is 5.58. The van der Waals surface area contributed by atoms with Crippen LogP contribution in [0.4, 0.5) is 0 Å². The van der Waals surface area contributed by atoms with Gasteiger partial charge >= 0.3 is 0 Å². The minimum atomic E-state index is -1.80. The Labute approximate surface area is 129 Å². The fourth-order valence-electron chi connectivity index (χ4n) is 2.60. The molecular formula is C15H31NO4Si. The number of hydrogen-bond donors (Lipinski definition) is 2. The first-order chi connectivity index (χ1) is 9.43. The number of piperidine rings is 1. The molecule has 2 heterocycles. The fraction of sp³-hybridized carbons (Fsp3) is 1.00. The van der Waals surface area contributed by atoms with Crippen molar-refractivity contribution < 1.29 is 19.0 Å². The van der Waals surface area contributed by atoms with Crippen LogP contribution in [0.15, 0.2) is 0 Å². The van der Waals surface area contributed by atoms with Gasteiger partial charge in [0.2, 0.25) is 0 Å². The largest absolute Gasteiger partial charge is 0.415 e. The van der Waals surface area contributed by atoms with Crippen molar-refractivity contribution in [2.24, 2.45) is 0 Å². The smallest absolute Gasteiger partial charge is 0.192 e. The monoisotopic (exact) mass is 317 g/mol. The highest BCUT2D eigenvalue weighted by molar-refractivity contribution is 6.74. The van der Waals surface area contributed by atoms with E-state index < -0.39 is 20.2 Å². The van der Waals surface area contributed by atoms with Gasteiger partial charge in [0.15, 0.2) is 14.1 Å². The fourth-order valence-corrected chi connectivity index (χ4v) is 3.63. The van der Waals surface area contributed by atoms with E-state index in [-0.39, 0.29) is 23.3 Å². The van der Waals surface area contributed by atoms with Gasteiger partial charge in [0, 0.05) is 6.54 Å². The highest BCUT2D eigenvalue weighted by Crippen LogP contribution is 2.37. The second-order valence-corrected chi connectivity index (χ2v) is 13.0. The van der Waals surface area contributed by atoms with Crippen molar-refractivity contribution >= 4 is 8.32 Å². The van der Waals surface area contributed by atoms with Crippen molar-refractivity contribution in [2.75, 3.05) is 13.2 Å². The molecule has 2 fully saturated rings. The van der Waals surface area contributed by atoms with E-state index in [1.54, 1.807) is 0 Å². The number of ether oxygens (including phenoxy) is 2. The molecule has 2 aliphatic rings. The Balaban J connectivity index is 1.94. The van der Waals surface area contributed by atoms with Gasteiger partial charge in [-0.1, -0.05) is 20.8 Å². The Kier molecular flexibility index (Phi) is 4.62. The maximum Gasteiger partial charge on any atom is 0.192 e. The van der Waals surface area contributed by atoms with Crippen LogP contribution in [-0.2, 0) is 13.9 Å². The lowest BCUT2D eigenvalue weighted by Gasteiger charge is -2.40. The zero-order valence-corrected chi connectivity index (χ0v) is 15.4. The van der Waals surface area contributed by atoms with Crippen LogP contribution in [0, 0.1) is 0 Å². The van der Waals surface area contributed by atoms with Crippen LogP contribution in [-0.4, -0.2) is 56.7 Å². The predicted octanol–water partition coefficient (Wildman–Crippen LogP) is 1.86. The second-order valence-electron chi connectivity index (χ2n) is 8.22. The van der Waals surface area contributed by atoms with E-state index in [9.17, 15) is 5.11 Å². The molecule has 2 rings (SSSR count). The topological polar surface area (TPSA) is 60.0 Å². The molecule has 5 nitrogen and oxygen atoms in total. The first-order valence-corrected chi connectivity index (χ1v) is 10.7. The van der Waals surface area contributed by atoms with Gasteiger partial charge in [-0.25, -0.2) is 0 Å². The molecule has 0 radical (unpaired) electrons. The molecular weight excluding hydrogens is 286 g/mol. The summed E-state index contributed by atoms with van der Waals surface area (Å²) in [5.74, 6) is -0.618. The molecule has 0 aromatic carbocycles. The first-order valence-electron chi connectivity index (χ1n) is 7.84. The van der Waals surface area contributed by atoms with Crippen molar-refractivity contribution in [1.82, 2.24) is 5.32 Å². The van der Waals surface area contributed by atoms with E-state index >= 15 is 0 Å².